The maximum atomic E-state index is 13.4. The van der Waals surface area contributed by atoms with E-state index in [2.05, 4.69) is 15.5 Å². The summed E-state index contributed by atoms with van der Waals surface area (Å²) in [6.07, 6.45) is 0.678. The second-order valence-electron chi connectivity index (χ2n) is 7.62. The number of rotatable bonds is 4. The van der Waals surface area contributed by atoms with E-state index in [1.165, 1.54) is 0 Å². The van der Waals surface area contributed by atoms with Gasteiger partial charge in [-0.3, -0.25) is 14.5 Å². The van der Waals surface area contributed by atoms with E-state index in [9.17, 15) is 9.59 Å². The van der Waals surface area contributed by atoms with E-state index in [0.29, 0.717) is 18.7 Å². The van der Waals surface area contributed by atoms with Crippen LogP contribution in [0.4, 0.5) is 11.4 Å². The first-order valence-corrected chi connectivity index (χ1v) is 11.1. The number of ether oxygens (including phenoxy) is 1. The predicted octanol–water partition coefficient (Wildman–Crippen LogP) is 3.27. The Balaban J connectivity index is 1.49. The molecule has 6 nitrogen and oxygen atoms in total. The van der Waals surface area contributed by atoms with Gasteiger partial charge >= 0.3 is 0 Å². The molecule has 7 heteroatoms. The maximum absolute atomic E-state index is 13.4. The largest absolute Gasteiger partial charge is 0.494 e. The number of hydrogen-bond donors (Lipinski definition) is 2. The zero-order valence-electron chi connectivity index (χ0n) is 16.2. The Bertz CT molecular complexity index is 964. The Morgan fingerprint density at radius 2 is 2.07 bits per heavy atom. The summed E-state index contributed by atoms with van der Waals surface area (Å²) in [5, 5.41) is 6.06. The molecular weight excluding hydrogens is 386 g/mol. The standard InChI is InChI=1S/C22H23N3O3S/c1-2-28-16-9-7-14(8-10-16)23-20(26)18-11-15-12-29-13-25(15)22(18)17-5-3-4-6-19(17)24-21(22)27/h3-10,15,18H,2,11-13H2,1H3,(H,23,26)(H,24,27). The number of carbonyl (C=O) groups excluding carboxylic acids is 2. The van der Waals surface area contributed by atoms with E-state index >= 15 is 0 Å². The molecular formula is C22H23N3O3S. The zero-order valence-corrected chi connectivity index (χ0v) is 17.0. The highest BCUT2D eigenvalue weighted by Crippen LogP contribution is 2.55. The van der Waals surface area contributed by atoms with Gasteiger partial charge in [0.05, 0.1) is 12.5 Å². The SMILES string of the molecule is CCOc1ccc(NC(=O)C2CC3CSCN3C23C(=O)Nc2ccccc23)cc1. The van der Waals surface area contributed by atoms with E-state index < -0.39 is 11.5 Å². The monoisotopic (exact) mass is 409 g/mol. The second kappa shape index (κ2) is 7.07. The highest BCUT2D eigenvalue weighted by atomic mass is 32.2. The van der Waals surface area contributed by atoms with Gasteiger partial charge in [0.25, 0.3) is 0 Å². The molecule has 0 aromatic heterocycles. The molecule has 0 saturated carbocycles. The Labute approximate surface area is 174 Å². The lowest BCUT2D eigenvalue weighted by Crippen LogP contribution is -2.53. The fourth-order valence-corrected chi connectivity index (χ4v) is 6.24. The summed E-state index contributed by atoms with van der Waals surface area (Å²) in [6, 6.07) is 15.3. The van der Waals surface area contributed by atoms with Crippen molar-refractivity contribution >= 4 is 35.0 Å². The minimum absolute atomic E-state index is 0.0875. The van der Waals surface area contributed by atoms with Gasteiger partial charge in [-0.1, -0.05) is 18.2 Å². The summed E-state index contributed by atoms with van der Waals surface area (Å²) in [6.45, 7) is 2.53. The van der Waals surface area contributed by atoms with Crippen molar-refractivity contribution < 1.29 is 14.3 Å². The Morgan fingerprint density at radius 3 is 2.86 bits per heavy atom. The van der Waals surface area contributed by atoms with Crippen LogP contribution in [-0.4, -0.2) is 41.0 Å². The Hall–Kier alpha value is -2.51. The van der Waals surface area contributed by atoms with Gasteiger partial charge in [-0.15, -0.1) is 11.8 Å². The average molecular weight is 410 g/mol. The lowest BCUT2D eigenvalue weighted by Gasteiger charge is -2.36. The lowest BCUT2D eigenvalue weighted by molar-refractivity contribution is -0.134. The Kier molecular flexibility index (Phi) is 4.52. The predicted molar refractivity (Wildman–Crippen MR) is 114 cm³/mol. The molecule has 29 heavy (non-hydrogen) atoms. The number of amides is 2. The van der Waals surface area contributed by atoms with Gasteiger partial charge in [-0.25, -0.2) is 0 Å². The van der Waals surface area contributed by atoms with E-state index in [0.717, 1.165) is 28.6 Å². The van der Waals surface area contributed by atoms with Crippen LogP contribution in [0.2, 0.25) is 0 Å². The molecule has 3 unspecified atom stereocenters. The maximum Gasteiger partial charge on any atom is 0.250 e. The molecule has 150 valence electrons. The second-order valence-corrected chi connectivity index (χ2v) is 8.62. The molecule has 2 fully saturated rings. The molecule has 3 heterocycles. The van der Waals surface area contributed by atoms with Crippen LogP contribution in [0.25, 0.3) is 0 Å². The summed E-state index contributed by atoms with van der Waals surface area (Å²) in [5.74, 6) is 1.84. The van der Waals surface area contributed by atoms with Gasteiger partial charge in [0.15, 0.2) is 0 Å². The topological polar surface area (TPSA) is 70.7 Å². The van der Waals surface area contributed by atoms with Crippen LogP contribution in [0.15, 0.2) is 48.5 Å². The summed E-state index contributed by atoms with van der Waals surface area (Å²) >= 11 is 1.83. The van der Waals surface area contributed by atoms with E-state index in [1.54, 1.807) is 0 Å². The third kappa shape index (κ3) is 2.75. The van der Waals surface area contributed by atoms with Crippen molar-refractivity contribution in [3.05, 3.63) is 54.1 Å². The van der Waals surface area contributed by atoms with E-state index in [1.807, 2.05) is 67.2 Å². The van der Waals surface area contributed by atoms with Crippen molar-refractivity contribution in [3.63, 3.8) is 0 Å². The first kappa shape index (κ1) is 18.5. The number of nitrogens with zero attached hydrogens (tertiary/aromatic N) is 1. The third-order valence-electron chi connectivity index (χ3n) is 6.13. The number of fused-ring (bicyclic) bond motifs is 4. The minimum Gasteiger partial charge on any atom is -0.494 e. The first-order chi connectivity index (χ1) is 14.1. The fourth-order valence-electron chi connectivity index (χ4n) is 4.93. The van der Waals surface area contributed by atoms with Gasteiger partial charge in [0, 0.05) is 34.6 Å². The molecule has 1 spiro atoms. The molecule has 0 aliphatic carbocycles. The van der Waals surface area contributed by atoms with E-state index in [4.69, 9.17) is 4.74 Å². The first-order valence-electron chi connectivity index (χ1n) is 9.93. The summed E-state index contributed by atoms with van der Waals surface area (Å²) < 4.78 is 5.47. The van der Waals surface area contributed by atoms with Crippen molar-refractivity contribution in [1.29, 1.82) is 0 Å². The highest BCUT2D eigenvalue weighted by molar-refractivity contribution is 7.99. The van der Waals surface area contributed by atoms with Crippen molar-refractivity contribution in [2.45, 2.75) is 24.9 Å². The quantitative estimate of drug-likeness (QED) is 0.811. The number of benzene rings is 2. The van der Waals surface area contributed by atoms with Crippen molar-refractivity contribution in [2.75, 3.05) is 28.9 Å². The van der Waals surface area contributed by atoms with Crippen molar-refractivity contribution in [1.82, 2.24) is 4.90 Å². The molecule has 2 aromatic carbocycles. The zero-order chi connectivity index (χ0) is 20.0. The van der Waals surface area contributed by atoms with Gasteiger partial charge in [-0.05, 0) is 43.7 Å². The molecule has 2 N–H and O–H groups in total. The number of carbonyl (C=O) groups is 2. The minimum atomic E-state index is -0.930. The number of thioether (sulfide) groups is 1. The molecule has 0 radical (unpaired) electrons. The third-order valence-corrected chi connectivity index (χ3v) is 7.21. The van der Waals surface area contributed by atoms with Crippen molar-refractivity contribution in [3.8, 4) is 5.75 Å². The van der Waals surface area contributed by atoms with Gasteiger partial charge < -0.3 is 15.4 Å². The molecule has 3 atom stereocenters. The summed E-state index contributed by atoms with van der Waals surface area (Å²) in [4.78, 5) is 29.0. The van der Waals surface area contributed by atoms with Gasteiger partial charge in [0.2, 0.25) is 11.8 Å². The van der Waals surface area contributed by atoms with Crippen LogP contribution in [0, 0.1) is 5.92 Å². The molecule has 3 aliphatic heterocycles. The normalized spacial score (nSPS) is 27.6. The summed E-state index contributed by atoms with van der Waals surface area (Å²) in [5.41, 5.74) is 1.51. The number of hydrogen-bond acceptors (Lipinski definition) is 5. The average Bonchev–Trinajstić information content (AvgIpc) is 3.38. The van der Waals surface area contributed by atoms with Crippen LogP contribution < -0.4 is 15.4 Å². The van der Waals surface area contributed by atoms with Crippen LogP contribution in [0.5, 0.6) is 5.75 Å². The number of nitrogens with one attached hydrogen (secondary N) is 2. The molecule has 2 saturated heterocycles. The van der Waals surface area contributed by atoms with Crippen LogP contribution in [-0.2, 0) is 15.1 Å². The number of anilines is 2. The highest BCUT2D eigenvalue weighted by Gasteiger charge is 2.65. The molecule has 3 aliphatic rings. The Morgan fingerprint density at radius 1 is 1.28 bits per heavy atom. The van der Waals surface area contributed by atoms with Gasteiger partial charge in [-0.2, -0.15) is 0 Å². The fraction of sp³-hybridized carbons (Fsp3) is 0.364. The smallest absolute Gasteiger partial charge is 0.250 e. The van der Waals surface area contributed by atoms with Gasteiger partial charge in [0.1, 0.15) is 11.3 Å². The van der Waals surface area contributed by atoms with E-state index in [-0.39, 0.29) is 17.9 Å². The molecule has 2 aromatic rings. The molecule has 2 amide bonds. The van der Waals surface area contributed by atoms with Crippen molar-refractivity contribution in [2.24, 2.45) is 5.92 Å². The summed E-state index contributed by atoms with van der Waals surface area (Å²) in [7, 11) is 0. The van der Waals surface area contributed by atoms with Crippen LogP contribution in [0.1, 0.15) is 18.9 Å². The molecule has 0 bridgehead atoms. The number of para-hydroxylation sites is 1. The van der Waals surface area contributed by atoms with Crippen LogP contribution >= 0.6 is 11.8 Å². The molecule has 5 rings (SSSR count). The van der Waals surface area contributed by atoms with Crippen LogP contribution in [0.3, 0.4) is 0 Å². The lowest BCUT2D eigenvalue weighted by atomic mass is 9.79.